The fourth-order valence-electron chi connectivity index (χ4n) is 3.65. The number of rotatable bonds is 6. The highest BCUT2D eigenvalue weighted by atomic mass is 19.1. The third kappa shape index (κ3) is 3.83. The smallest absolute Gasteiger partial charge is 0.123 e. The van der Waals surface area contributed by atoms with Crippen molar-refractivity contribution in [1.29, 1.82) is 0 Å². The zero-order valence-electron chi connectivity index (χ0n) is 13.0. The molecule has 1 aromatic rings. The van der Waals surface area contributed by atoms with Gasteiger partial charge in [-0.05, 0) is 56.3 Å². The third-order valence-corrected chi connectivity index (χ3v) is 4.88. The minimum atomic E-state index is -0.113. The van der Waals surface area contributed by atoms with Crippen LogP contribution >= 0.6 is 0 Å². The first-order valence-electron chi connectivity index (χ1n) is 8.52. The van der Waals surface area contributed by atoms with E-state index in [0.29, 0.717) is 18.1 Å². The molecule has 2 unspecified atom stereocenters. The molecule has 0 aromatic heterocycles. The van der Waals surface area contributed by atoms with Crippen LogP contribution in [0.1, 0.15) is 57.1 Å². The van der Waals surface area contributed by atoms with Crippen LogP contribution < -0.4 is 5.32 Å². The number of benzene rings is 1. The van der Waals surface area contributed by atoms with E-state index in [2.05, 4.69) is 23.2 Å². The molecule has 1 heterocycles. The van der Waals surface area contributed by atoms with Gasteiger partial charge in [0, 0.05) is 24.7 Å². The Morgan fingerprint density at radius 2 is 2.14 bits per heavy atom. The van der Waals surface area contributed by atoms with E-state index in [1.165, 1.54) is 32.1 Å². The molecule has 1 aromatic carbocycles. The molecule has 3 rings (SSSR count). The summed E-state index contributed by atoms with van der Waals surface area (Å²) in [5, 5.41) is 3.66. The molecule has 2 atom stereocenters. The molecule has 3 heteroatoms. The average Bonchev–Trinajstić information content (AvgIpc) is 3.33. The van der Waals surface area contributed by atoms with Gasteiger partial charge in [-0.1, -0.05) is 25.5 Å². The van der Waals surface area contributed by atoms with Gasteiger partial charge in [0.25, 0.3) is 0 Å². The summed E-state index contributed by atoms with van der Waals surface area (Å²) in [6.07, 6.45) is 7.58. The number of hydrogen-bond acceptors (Lipinski definition) is 2. The lowest BCUT2D eigenvalue weighted by atomic mass is 9.99. The van der Waals surface area contributed by atoms with Gasteiger partial charge < -0.3 is 5.32 Å². The number of nitrogens with one attached hydrogen (secondary N) is 1. The van der Waals surface area contributed by atoms with E-state index in [-0.39, 0.29) is 5.82 Å². The Morgan fingerprint density at radius 3 is 2.76 bits per heavy atom. The van der Waals surface area contributed by atoms with E-state index >= 15 is 0 Å². The second kappa shape index (κ2) is 6.89. The summed E-state index contributed by atoms with van der Waals surface area (Å²) >= 11 is 0. The van der Waals surface area contributed by atoms with Crippen LogP contribution in [0.3, 0.4) is 0 Å². The third-order valence-electron chi connectivity index (χ3n) is 4.88. The molecule has 2 aliphatic rings. The van der Waals surface area contributed by atoms with Crippen LogP contribution in [-0.4, -0.2) is 30.1 Å². The average molecular weight is 290 g/mol. The van der Waals surface area contributed by atoms with Crippen molar-refractivity contribution in [2.45, 2.75) is 63.6 Å². The molecule has 0 spiro atoms. The first-order valence-corrected chi connectivity index (χ1v) is 8.52. The Labute approximate surface area is 127 Å². The van der Waals surface area contributed by atoms with Gasteiger partial charge in [-0.3, -0.25) is 4.90 Å². The van der Waals surface area contributed by atoms with E-state index < -0.39 is 0 Å². The Morgan fingerprint density at radius 1 is 1.29 bits per heavy atom. The lowest BCUT2D eigenvalue weighted by molar-refractivity contribution is 0.152. The molecule has 1 N–H and O–H groups in total. The lowest BCUT2D eigenvalue weighted by Gasteiger charge is -2.36. The fourth-order valence-corrected chi connectivity index (χ4v) is 3.65. The van der Waals surface area contributed by atoms with Crippen LogP contribution in [-0.2, 0) is 0 Å². The van der Waals surface area contributed by atoms with E-state index in [1.54, 1.807) is 12.1 Å². The molecular weight excluding hydrogens is 263 g/mol. The van der Waals surface area contributed by atoms with E-state index in [1.807, 2.05) is 6.07 Å². The molecule has 2 nitrogen and oxygen atoms in total. The first kappa shape index (κ1) is 15.0. The predicted molar refractivity (Wildman–Crippen MR) is 84.8 cm³/mol. The van der Waals surface area contributed by atoms with Crippen molar-refractivity contribution in [3.05, 3.63) is 35.6 Å². The molecule has 1 aliphatic heterocycles. The van der Waals surface area contributed by atoms with Crippen LogP contribution in [0.25, 0.3) is 0 Å². The summed E-state index contributed by atoms with van der Waals surface area (Å²) in [5.41, 5.74) is 1.14. The Balaban J connectivity index is 1.74. The molecule has 2 fully saturated rings. The van der Waals surface area contributed by atoms with Crippen molar-refractivity contribution in [3.8, 4) is 0 Å². The van der Waals surface area contributed by atoms with Crippen molar-refractivity contribution in [2.75, 3.05) is 13.1 Å². The summed E-state index contributed by atoms with van der Waals surface area (Å²) < 4.78 is 13.6. The normalized spacial score (nSPS) is 24.2. The van der Waals surface area contributed by atoms with Gasteiger partial charge in [-0.15, -0.1) is 0 Å². The minimum absolute atomic E-state index is 0.113. The first-order chi connectivity index (χ1) is 10.3. The summed E-state index contributed by atoms with van der Waals surface area (Å²) in [7, 11) is 0. The highest BCUT2D eigenvalue weighted by molar-refractivity contribution is 5.21. The zero-order valence-corrected chi connectivity index (χ0v) is 13.0. The van der Waals surface area contributed by atoms with Crippen molar-refractivity contribution in [1.82, 2.24) is 10.2 Å². The maximum Gasteiger partial charge on any atom is 0.123 e. The lowest BCUT2D eigenvalue weighted by Crippen LogP contribution is -2.45. The van der Waals surface area contributed by atoms with Gasteiger partial charge in [-0.25, -0.2) is 4.39 Å². The number of nitrogens with zero attached hydrogens (tertiary/aromatic N) is 1. The maximum atomic E-state index is 13.6. The van der Waals surface area contributed by atoms with E-state index in [9.17, 15) is 4.39 Å². The van der Waals surface area contributed by atoms with Crippen LogP contribution in [0.4, 0.5) is 4.39 Å². The molecule has 0 amide bonds. The van der Waals surface area contributed by atoms with Gasteiger partial charge in [0.2, 0.25) is 0 Å². The maximum absolute atomic E-state index is 13.6. The minimum Gasteiger partial charge on any atom is -0.313 e. The molecule has 116 valence electrons. The molecule has 1 saturated heterocycles. The zero-order chi connectivity index (χ0) is 14.7. The highest BCUT2D eigenvalue weighted by Crippen LogP contribution is 2.36. The Kier molecular flexibility index (Phi) is 4.91. The monoisotopic (exact) mass is 290 g/mol. The van der Waals surface area contributed by atoms with Crippen molar-refractivity contribution < 1.29 is 4.39 Å². The van der Waals surface area contributed by atoms with Crippen molar-refractivity contribution in [2.24, 2.45) is 0 Å². The molecule has 21 heavy (non-hydrogen) atoms. The topological polar surface area (TPSA) is 15.3 Å². The van der Waals surface area contributed by atoms with Gasteiger partial charge in [-0.2, -0.15) is 0 Å². The summed E-state index contributed by atoms with van der Waals surface area (Å²) in [6.45, 7) is 4.48. The van der Waals surface area contributed by atoms with Crippen LogP contribution in [0, 0.1) is 5.82 Å². The molecule has 1 aliphatic carbocycles. The molecule has 1 saturated carbocycles. The summed E-state index contributed by atoms with van der Waals surface area (Å²) in [5.74, 6) is -0.113. The van der Waals surface area contributed by atoms with Crippen LogP contribution in [0.5, 0.6) is 0 Å². The predicted octanol–water partition coefficient (Wildman–Crippen LogP) is 3.88. The SMILES string of the molecule is CCC(c1cccc(F)c1)N(CC1CCCCN1)C1CC1. The standard InChI is InChI=1S/C18H27FN2/c1-2-18(14-6-5-7-15(19)12-14)21(17-9-10-17)13-16-8-3-4-11-20-16/h5-7,12,16-18,20H,2-4,8-11,13H2,1H3. The van der Waals surface area contributed by atoms with Crippen LogP contribution in [0.2, 0.25) is 0 Å². The molecule has 0 bridgehead atoms. The van der Waals surface area contributed by atoms with Gasteiger partial charge in [0.15, 0.2) is 0 Å². The fraction of sp³-hybridized carbons (Fsp3) is 0.667. The molecule has 0 radical (unpaired) electrons. The summed E-state index contributed by atoms with van der Waals surface area (Å²) in [4.78, 5) is 2.64. The summed E-state index contributed by atoms with van der Waals surface area (Å²) in [6, 6.07) is 8.87. The van der Waals surface area contributed by atoms with Crippen LogP contribution in [0.15, 0.2) is 24.3 Å². The molecular formula is C18H27FN2. The quantitative estimate of drug-likeness (QED) is 0.855. The number of piperidine rings is 1. The second-order valence-electron chi connectivity index (χ2n) is 6.55. The Bertz CT molecular complexity index is 452. The number of hydrogen-bond donors (Lipinski definition) is 1. The highest BCUT2D eigenvalue weighted by Gasteiger charge is 2.35. The van der Waals surface area contributed by atoms with E-state index in [4.69, 9.17) is 0 Å². The largest absolute Gasteiger partial charge is 0.313 e. The second-order valence-corrected chi connectivity index (χ2v) is 6.55. The Hall–Kier alpha value is -0.930. The van der Waals surface area contributed by atoms with Gasteiger partial charge >= 0.3 is 0 Å². The van der Waals surface area contributed by atoms with Crippen molar-refractivity contribution >= 4 is 0 Å². The van der Waals surface area contributed by atoms with Gasteiger partial charge in [0.1, 0.15) is 5.82 Å². The van der Waals surface area contributed by atoms with Gasteiger partial charge in [0.05, 0.1) is 0 Å². The van der Waals surface area contributed by atoms with E-state index in [0.717, 1.165) is 25.1 Å². The van der Waals surface area contributed by atoms with Crippen molar-refractivity contribution in [3.63, 3.8) is 0 Å². The number of halogens is 1.